The topological polar surface area (TPSA) is 114 Å². The van der Waals surface area contributed by atoms with Crippen LogP contribution in [0.3, 0.4) is 0 Å². The minimum Gasteiger partial charge on any atom is -0.479 e. The van der Waals surface area contributed by atoms with Crippen LogP contribution in [0.5, 0.6) is 0 Å². The van der Waals surface area contributed by atoms with Crippen molar-refractivity contribution in [2.75, 3.05) is 7.05 Å². The average molecular weight is 389 g/mol. The van der Waals surface area contributed by atoms with E-state index in [0.717, 1.165) is 19.3 Å². The highest BCUT2D eigenvalue weighted by atomic mass is 32.1. The Balaban J connectivity index is 1.83. The maximum absolute atomic E-state index is 12.9. The second-order valence-electron chi connectivity index (χ2n) is 6.60. The van der Waals surface area contributed by atoms with Crippen LogP contribution >= 0.6 is 11.3 Å². The van der Waals surface area contributed by atoms with E-state index in [-0.39, 0.29) is 11.4 Å². The molecule has 1 aliphatic rings. The summed E-state index contributed by atoms with van der Waals surface area (Å²) in [5, 5.41) is 22.6. The molecule has 8 nitrogen and oxygen atoms in total. The normalized spacial score (nSPS) is 15.9. The number of non-ortho nitro benzene ring substituents is 1. The van der Waals surface area contributed by atoms with Gasteiger partial charge in [0.15, 0.2) is 0 Å². The van der Waals surface area contributed by atoms with Gasteiger partial charge in [0.05, 0.1) is 4.92 Å². The van der Waals surface area contributed by atoms with Crippen molar-refractivity contribution in [2.45, 2.75) is 37.6 Å². The van der Waals surface area contributed by atoms with Gasteiger partial charge in [0.25, 0.3) is 11.6 Å². The van der Waals surface area contributed by atoms with Crippen molar-refractivity contribution in [2.24, 2.45) is 0 Å². The largest absolute Gasteiger partial charge is 0.479 e. The Morgan fingerprint density at radius 2 is 1.85 bits per heavy atom. The molecule has 1 heterocycles. The Morgan fingerprint density at radius 1 is 1.22 bits per heavy atom. The van der Waals surface area contributed by atoms with Crippen molar-refractivity contribution in [1.29, 1.82) is 0 Å². The van der Waals surface area contributed by atoms with Gasteiger partial charge in [-0.2, -0.15) is 0 Å². The summed E-state index contributed by atoms with van der Waals surface area (Å²) in [6.45, 7) is 0. The van der Waals surface area contributed by atoms with Crippen molar-refractivity contribution in [3.63, 3.8) is 0 Å². The zero-order valence-corrected chi connectivity index (χ0v) is 15.6. The number of nitro benzene ring substituents is 1. The van der Waals surface area contributed by atoms with E-state index in [4.69, 9.17) is 0 Å². The maximum Gasteiger partial charge on any atom is 0.329 e. The van der Waals surface area contributed by atoms with Crippen molar-refractivity contribution in [1.82, 2.24) is 9.88 Å². The van der Waals surface area contributed by atoms with Crippen molar-refractivity contribution < 1.29 is 19.6 Å². The van der Waals surface area contributed by atoms with Crippen LogP contribution < -0.4 is 0 Å². The first-order valence-electron chi connectivity index (χ1n) is 8.57. The van der Waals surface area contributed by atoms with E-state index in [1.807, 2.05) is 0 Å². The number of nitro groups is 1. The fourth-order valence-corrected chi connectivity index (χ4v) is 4.23. The number of hydrogen-bond acceptors (Lipinski definition) is 6. The Kier molecular flexibility index (Phi) is 5.22. The van der Waals surface area contributed by atoms with Crippen LogP contribution in [0.25, 0.3) is 10.6 Å². The number of rotatable bonds is 5. The van der Waals surface area contributed by atoms with Crippen molar-refractivity contribution >= 4 is 28.9 Å². The fourth-order valence-electron chi connectivity index (χ4n) is 3.43. The third kappa shape index (κ3) is 3.55. The fraction of sp³-hybridized carbons (Fsp3) is 0.389. The Labute approximate surface area is 159 Å². The minimum absolute atomic E-state index is 0.0213. The lowest BCUT2D eigenvalue weighted by Crippen LogP contribution is -2.56. The zero-order chi connectivity index (χ0) is 19.6. The molecule has 2 aromatic rings. The number of aromatic nitrogens is 1. The number of amides is 1. The van der Waals surface area contributed by atoms with Gasteiger partial charge in [-0.15, -0.1) is 11.3 Å². The van der Waals surface area contributed by atoms with Gasteiger partial charge in [0, 0.05) is 30.1 Å². The smallest absolute Gasteiger partial charge is 0.329 e. The second-order valence-corrected chi connectivity index (χ2v) is 7.46. The molecular formula is C18H19N3O5S. The third-order valence-corrected chi connectivity index (χ3v) is 5.97. The molecule has 3 rings (SSSR count). The lowest BCUT2D eigenvalue weighted by Gasteiger charge is -2.40. The Morgan fingerprint density at radius 3 is 2.41 bits per heavy atom. The van der Waals surface area contributed by atoms with Crippen molar-refractivity contribution in [3.05, 3.63) is 45.5 Å². The highest BCUT2D eigenvalue weighted by Crippen LogP contribution is 2.35. The van der Waals surface area contributed by atoms with Crippen LogP contribution in [-0.2, 0) is 4.79 Å². The summed E-state index contributed by atoms with van der Waals surface area (Å²) in [6.07, 6.45) is 3.38. The number of carbonyl (C=O) groups excluding carboxylic acids is 1. The quantitative estimate of drug-likeness (QED) is 0.618. The summed E-state index contributed by atoms with van der Waals surface area (Å²) in [6, 6.07) is 5.92. The molecule has 0 unspecified atom stereocenters. The molecule has 9 heteroatoms. The second kappa shape index (κ2) is 7.43. The highest BCUT2D eigenvalue weighted by Gasteiger charge is 2.46. The number of likely N-dealkylation sites (N-methyl/N-ethyl adjacent to an activating group) is 1. The first kappa shape index (κ1) is 19.0. The molecular weight excluding hydrogens is 370 g/mol. The highest BCUT2D eigenvalue weighted by molar-refractivity contribution is 7.13. The lowest BCUT2D eigenvalue weighted by atomic mass is 9.80. The summed E-state index contributed by atoms with van der Waals surface area (Å²) in [5.74, 6) is -1.41. The monoisotopic (exact) mass is 389 g/mol. The molecule has 142 valence electrons. The number of thiazole rings is 1. The van der Waals surface area contributed by atoms with Gasteiger partial charge in [-0.05, 0) is 25.0 Å². The summed E-state index contributed by atoms with van der Waals surface area (Å²) in [5.41, 5.74) is -0.362. The number of benzene rings is 1. The van der Waals surface area contributed by atoms with Gasteiger partial charge >= 0.3 is 5.97 Å². The molecule has 1 N–H and O–H groups in total. The van der Waals surface area contributed by atoms with Crippen LogP contribution in [0.1, 0.15) is 42.6 Å². The van der Waals surface area contributed by atoms with E-state index in [2.05, 4.69) is 4.98 Å². The molecule has 0 aliphatic heterocycles. The zero-order valence-electron chi connectivity index (χ0n) is 14.8. The maximum atomic E-state index is 12.9. The predicted octanol–water partition coefficient (Wildman–Crippen LogP) is 3.58. The van der Waals surface area contributed by atoms with Gasteiger partial charge in [0.2, 0.25) is 0 Å². The van der Waals surface area contributed by atoms with Gasteiger partial charge in [-0.25, -0.2) is 9.78 Å². The van der Waals surface area contributed by atoms with Crippen LogP contribution in [0.4, 0.5) is 5.69 Å². The molecule has 0 bridgehead atoms. The Hall–Kier alpha value is -2.81. The molecule has 1 fully saturated rings. The molecule has 0 atom stereocenters. The number of carboxylic acids is 1. The SMILES string of the molecule is CN(C(=O)c1csc(-c2ccc([N+](=O)[O-])cc2)n1)C1(C(=O)O)CCCCC1. The molecule has 1 amide bonds. The minimum atomic E-state index is -1.19. The van der Waals surface area contributed by atoms with E-state index in [9.17, 15) is 24.8 Å². The number of carboxylic acid groups (broad SMARTS) is 1. The molecule has 1 aromatic heterocycles. The number of carbonyl (C=O) groups is 2. The van der Waals surface area contributed by atoms with Gasteiger partial charge in [-0.3, -0.25) is 14.9 Å². The number of nitrogens with zero attached hydrogens (tertiary/aromatic N) is 3. The van der Waals surface area contributed by atoms with Crippen molar-refractivity contribution in [3.8, 4) is 10.6 Å². The molecule has 27 heavy (non-hydrogen) atoms. The predicted molar refractivity (Wildman–Crippen MR) is 99.7 cm³/mol. The van der Waals surface area contributed by atoms with E-state index in [0.29, 0.717) is 23.4 Å². The Bertz CT molecular complexity index is 871. The molecule has 1 aromatic carbocycles. The van der Waals surface area contributed by atoms with Crippen LogP contribution in [0, 0.1) is 10.1 Å². The molecule has 0 radical (unpaired) electrons. The molecule has 0 saturated heterocycles. The van der Waals surface area contributed by atoms with Gasteiger partial charge in [0.1, 0.15) is 16.2 Å². The molecule has 1 aliphatic carbocycles. The summed E-state index contributed by atoms with van der Waals surface area (Å²) in [4.78, 5) is 40.7. The van der Waals surface area contributed by atoms with Crippen LogP contribution in [0.15, 0.2) is 29.6 Å². The third-order valence-electron chi connectivity index (χ3n) is 5.07. The van der Waals surface area contributed by atoms with E-state index < -0.39 is 22.3 Å². The van der Waals surface area contributed by atoms with E-state index in [1.165, 1.54) is 35.4 Å². The standard InChI is InChI=1S/C18H19N3O5S/c1-20(18(17(23)24)9-3-2-4-10-18)16(22)14-11-27-15(19-14)12-5-7-13(8-6-12)21(25)26/h5-8,11H,2-4,9-10H2,1H3,(H,23,24). The number of aliphatic carboxylic acids is 1. The van der Waals surface area contributed by atoms with E-state index >= 15 is 0 Å². The van der Waals surface area contributed by atoms with Crippen LogP contribution in [0.2, 0.25) is 0 Å². The number of hydrogen-bond donors (Lipinski definition) is 1. The summed E-state index contributed by atoms with van der Waals surface area (Å²) in [7, 11) is 1.52. The summed E-state index contributed by atoms with van der Waals surface area (Å²) < 4.78 is 0. The van der Waals surface area contributed by atoms with Crippen LogP contribution in [-0.4, -0.2) is 44.4 Å². The first-order chi connectivity index (χ1) is 12.8. The van der Waals surface area contributed by atoms with Gasteiger partial charge < -0.3 is 10.0 Å². The molecule has 1 saturated carbocycles. The molecule has 0 spiro atoms. The summed E-state index contributed by atoms with van der Waals surface area (Å²) >= 11 is 1.24. The van der Waals surface area contributed by atoms with Gasteiger partial charge in [-0.1, -0.05) is 19.3 Å². The average Bonchev–Trinajstić information content (AvgIpc) is 3.17. The van der Waals surface area contributed by atoms with E-state index in [1.54, 1.807) is 17.5 Å². The lowest BCUT2D eigenvalue weighted by molar-refractivity contribution is -0.384. The first-order valence-corrected chi connectivity index (χ1v) is 9.45.